The predicted octanol–water partition coefficient (Wildman–Crippen LogP) is 3.34. The number of nitrogens with one attached hydrogen (secondary N) is 1. The van der Waals surface area contributed by atoms with E-state index in [1.54, 1.807) is 17.0 Å². The van der Waals surface area contributed by atoms with Gasteiger partial charge in [0.05, 0.1) is 34.8 Å². The molecule has 1 amide bonds. The number of morpholine rings is 1. The molecule has 0 aliphatic carbocycles. The highest BCUT2D eigenvalue weighted by Gasteiger charge is 2.25. The van der Waals surface area contributed by atoms with Gasteiger partial charge < -0.3 is 24.1 Å². The Labute approximate surface area is 171 Å². The minimum absolute atomic E-state index is 0.110. The van der Waals surface area contributed by atoms with Gasteiger partial charge >= 0.3 is 0 Å². The molecule has 5 rings (SSSR count). The summed E-state index contributed by atoms with van der Waals surface area (Å²) < 4.78 is 16.2. The topological polar surface area (TPSA) is 76.7 Å². The first-order valence-corrected chi connectivity index (χ1v) is 9.70. The van der Waals surface area contributed by atoms with Crippen LogP contribution >= 0.6 is 11.6 Å². The second-order valence-electron chi connectivity index (χ2n) is 6.80. The minimum atomic E-state index is -0.110. The summed E-state index contributed by atoms with van der Waals surface area (Å²) >= 11 is 6.33. The quantitative estimate of drug-likeness (QED) is 0.669. The predicted molar refractivity (Wildman–Crippen MR) is 109 cm³/mol. The van der Waals surface area contributed by atoms with Crippen LogP contribution < -0.4 is 9.47 Å². The van der Waals surface area contributed by atoms with Crippen molar-refractivity contribution in [2.75, 3.05) is 33.1 Å². The minimum Gasteiger partial charge on any atom is -0.454 e. The monoisotopic (exact) mass is 411 g/mol. The van der Waals surface area contributed by atoms with Crippen LogP contribution in [0.25, 0.3) is 22.7 Å². The number of rotatable bonds is 3. The number of ether oxygens (including phenoxy) is 3. The van der Waals surface area contributed by atoms with E-state index in [9.17, 15) is 4.79 Å². The van der Waals surface area contributed by atoms with Crippen LogP contribution in [-0.4, -0.2) is 53.9 Å². The molecule has 1 saturated heterocycles. The van der Waals surface area contributed by atoms with Crippen molar-refractivity contribution < 1.29 is 19.0 Å². The lowest BCUT2D eigenvalue weighted by atomic mass is 10.1. The van der Waals surface area contributed by atoms with E-state index >= 15 is 0 Å². The van der Waals surface area contributed by atoms with Crippen molar-refractivity contribution in [2.24, 2.45) is 0 Å². The van der Waals surface area contributed by atoms with Crippen molar-refractivity contribution in [3.05, 3.63) is 52.8 Å². The number of carbonyl (C=O) groups is 1. The van der Waals surface area contributed by atoms with E-state index < -0.39 is 0 Å². The number of imidazole rings is 1. The number of aromatic amines is 1. The van der Waals surface area contributed by atoms with Crippen molar-refractivity contribution in [1.29, 1.82) is 0 Å². The molecule has 8 heteroatoms. The zero-order chi connectivity index (χ0) is 19.8. The summed E-state index contributed by atoms with van der Waals surface area (Å²) in [5.41, 5.74) is 2.85. The number of aromatic nitrogens is 2. The lowest BCUT2D eigenvalue weighted by Gasteiger charge is -2.27. The Morgan fingerprint density at radius 1 is 1.17 bits per heavy atom. The highest BCUT2D eigenvalue weighted by molar-refractivity contribution is 6.32. The fourth-order valence-electron chi connectivity index (χ4n) is 3.49. The lowest BCUT2D eigenvalue weighted by molar-refractivity contribution is -0.128. The number of carbonyl (C=O) groups excluding carboxylic acids is 1. The Kier molecular flexibility index (Phi) is 4.61. The van der Waals surface area contributed by atoms with Crippen LogP contribution in [-0.2, 0) is 9.53 Å². The maximum atomic E-state index is 13.4. The van der Waals surface area contributed by atoms with Gasteiger partial charge in [-0.1, -0.05) is 23.7 Å². The molecule has 0 saturated carbocycles. The molecular weight excluding hydrogens is 394 g/mol. The number of halogens is 1. The molecule has 3 aromatic rings. The SMILES string of the molecule is O=C(C(=Cc1cc(Cl)c2c(c1)OCO2)c1nc2ccccc2[nH]1)N1CCOCC1. The van der Waals surface area contributed by atoms with Crippen LogP contribution in [0.5, 0.6) is 11.5 Å². The van der Waals surface area contributed by atoms with Crippen LogP contribution in [0.3, 0.4) is 0 Å². The highest BCUT2D eigenvalue weighted by atomic mass is 35.5. The van der Waals surface area contributed by atoms with E-state index in [0.29, 0.717) is 54.2 Å². The van der Waals surface area contributed by atoms with Crippen molar-refractivity contribution in [1.82, 2.24) is 14.9 Å². The molecule has 0 radical (unpaired) electrons. The van der Waals surface area contributed by atoms with Crippen molar-refractivity contribution in [3.8, 4) is 11.5 Å². The standard InChI is InChI=1S/C21H18ClN3O4/c22-15-10-13(11-18-19(15)29-12-28-18)9-14(21(26)25-5-7-27-8-6-25)20-23-16-3-1-2-4-17(16)24-20/h1-4,9-11H,5-8,12H2,(H,23,24). The second-order valence-corrected chi connectivity index (χ2v) is 7.21. The molecular formula is C21H18ClN3O4. The molecule has 0 bridgehead atoms. The average molecular weight is 412 g/mol. The third-order valence-electron chi connectivity index (χ3n) is 4.93. The van der Waals surface area contributed by atoms with Gasteiger partial charge in [0.1, 0.15) is 5.82 Å². The van der Waals surface area contributed by atoms with Gasteiger partial charge in [0.15, 0.2) is 11.5 Å². The molecule has 2 aromatic carbocycles. The summed E-state index contributed by atoms with van der Waals surface area (Å²) in [7, 11) is 0. The molecule has 0 spiro atoms. The number of H-pyrrole nitrogens is 1. The summed E-state index contributed by atoms with van der Waals surface area (Å²) in [5, 5.41) is 0.439. The van der Waals surface area contributed by atoms with Gasteiger partial charge in [-0.15, -0.1) is 0 Å². The van der Waals surface area contributed by atoms with Gasteiger partial charge in [-0.25, -0.2) is 4.98 Å². The van der Waals surface area contributed by atoms with E-state index in [4.69, 9.17) is 25.8 Å². The van der Waals surface area contributed by atoms with Crippen molar-refractivity contribution in [3.63, 3.8) is 0 Å². The summed E-state index contributed by atoms with van der Waals surface area (Å²) in [5.74, 6) is 1.48. The number of fused-ring (bicyclic) bond motifs is 2. The molecule has 0 atom stereocenters. The molecule has 1 aromatic heterocycles. The Morgan fingerprint density at radius 3 is 2.83 bits per heavy atom. The first-order chi connectivity index (χ1) is 14.2. The molecule has 2 aliphatic heterocycles. The Bertz CT molecular complexity index is 1090. The first-order valence-electron chi connectivity index (χ1n) is 9.32. The number of amides is 1. The van der Waals surface area contributed by atoms with Crippen molar-refractivity contribution in [2.45, 2.75) is 0 Å². The average Bonchev–Trinajstić information content (AvgIpc) is 3.39. The van der Waals surface area contributed by atoms with Gasteiger partial charge in [-0.05, 0) is 35.9 Å². The maximum absolute atomic E-state index is 13.4. The smallest absolute Gasteiger partial charge is 0.257 e. The molecule has 3 heterocycles. The number of para-hydroxylation sites is 2. The van der Waals surface area contributed by atoms with Crippen LogP contribution in [0.2, 0.25) is 5.02 Å². The number of hydrogen-bond acceptors (Lipinski definition) is 5. The first kappa shape index (κ1) is 18.0. The van der Waals surface area contributed by atoms with E-state index in [0.717, 1.165) is 16.6 Å². The molecule has 29 heavy (non-hydrogen) atoms. The third-order valence-corrected chi connectivity index (χ3v) is 5.21. The lowest BCUT2D eigenvalue weighted by Crippen LogP contribution is -2.41. The Morgan fingerprint density at radius 2 is 2.00 bits per heavy atom. The molecule has 7 nitrogen and oxygen atoms in total. The van der Waals surface area contributed by atoms with Crippen LogP contribution in [0.15, 0.2) is 36.4 Å². The van der Waals surface area contributed by atoms with Crippen LogP contribution in [0, 0.1) is 0 Å². The van der Waals surface area contributed by atoms with E-state index in [1.165, 1.54) is 0 Å². The number of hydrogen-bond donors (Lipinski definition) is 1. The fraction of sp³-hybridized carbons (Fsp3) is 0.238. The maximum Gasteiger partial charge on any atom is 0.257 e. The molecule has 1 fully saturated rings. The molecule has 148 valence electrons. The number of nitrogens with zero attached hydrogens (tertiary/aromatic N) is 2. The molecule has 1 N–H and O–H groups in total. The van der Waals surface area contributed by atoms with Crippen LogP contribution in [0.4, 0.5) is 0 Å². The van der Waals surface area contributed by atoms with Gasteiger partial charge in [0, 0.05) is 13.1 Å². The van der Waals surface area contributed by atoms with Gasteiger partial charge in [-0.2, -0.15) is 0 Å². The largest absolute Gasteiger partial charge is 0.454 e. The summed E-state index contributed by atoms with van der Waals surface area (Å²) in [6.07, 6.45) is 1.78. The van der Waals surface area contributed by atoms with Crippen molar-refractivity contribution >= 4 is 40.2 Å². The summed E-state index contributed by atoms with van der Waals surface area (Å²) in [6.45, 7) is 2.26. The third kappa shape index (κ3) is 3.43. The zero-order valence-electron chi connectivity index (χ0n) is 15.5. The summed E-state index contributed by atoms with van der Waals surface area (Å²) in [6, 6.07) is 11.2. The van der Waals surface area contributed by atoms with E-state index in [2.05, 4.69) is 9.97 Å². The van der Waals surface area contributed by atoms with E-state index in [1.807, 2.05) is 30.3 Å². The summed E-state index contributed by atoms with van der Waals surface area (Å²) in [4.78, 5) is 23.0. The number of benzene rings is 2. The van der Waals surface area contributed by atoms with Crippen LogP contribution in [0.1, 0.15) is 11.4 Å². The second kappa shape index (κ2) is 7.42. The highest BCUT2D eigenvalue weighted by Crippen LogP contribution is 2.40. The Hall–Kier alpha value is -3.03. The van der Waals surface area contributed by atoms with Gasteiger partial charge in [-0.3, -0.25) is 4.79 Å². The van der Waals surface area contributed by atoms with E-state index in [-0.39, 0.29) is 12.7 Å². The molecule has 0 unspecified atom stereocenters. The van der Waals surface area contributed by atoms with Gasteiger partial charge in [0.25, 0.3) is 5.91 Å². The van der Waals surface area contributed by atoms with Gasteiger partial charge in [0.2, 0.25) is 6.79 Å². The Balaban J connectivity index is 1.60. The zero-order valence-corrected chi connectivity index (χ0v) is 16.2. The fourth-order valence-corrected chi connectivity index (χ4v) is 3.76. The normalized spacial score (nSPS) is 16.4. The molecule has 2 aliphatic rings.